The summed E-state index contributed by atoms with van der Waals surface area (Å²) in [6.07, 6.45) is -5.71. The van der Waals surface area contributed by atoms with Gasteiger partial charge in [-0.15, -0.1) is 11.8 Å². The number of rotatable bonds is 6. The molecule has 2 amide bonds. The quantitative estimate of drug-likeness (QED) is 0.209. The van der Waals surface area contributed by atoms with E-state index < -0.39 is 63.6 Å². The molecule has 0 radical (unpaired) electrons. The highest BCUT2D eigenvalue weighted by atomic mass is 32.2. The van der Waals surface area contributed by atoms with E-state index in [0.717, 1.165) is 17.8 Å². The number of carbonyl (C=O) groups is 2. The van der Waals surface area contributed by atoms with E-state index >= 15 is 0 Å². The fraction of sp³-hybridized carbons (Fsp3) is 0.130. The van der Waals surface area contributed by atoms with E-state index in [2.05, 4.69) is 5.32 Å². The second-order valence-corrected chi connectivity index (χ2v) is 8.63. The molecular formula is C23H14F8N2O2S. The Hall–Kier alpha value is -3.61. The molecule has 0 heterocycles. The van der Waals surface area contributed by atoms with Gasteiger partial charge in [0.1, 0.15) is 17.1 Å². The molecule has 0 fully saturated rings. The molecule has 0 bridgehead atoms. The van der Waals surface area contributed by atoms with Gasteiger partial charge in [-0.2, -0.15) is 13.2 Å². The van der Waals surface area contributed by atoms with Crippen LogP contribution in [0.25, 0.3) is 0 Å². The molecule has 3 rings (SSSR count). The van der Waals surface area contributed by atoms with Crippen LogP contribution < -0.4 is 10.6 Å². The van der Waals surface area contributed by atoms with Crippen LogP contribution >= 0.6 is 11.8 Å². The Bertz CT molecular complexity index is 1280. The Morgan fingerprint density at radius 3 is 1.89 bits per heavy atom. The minimum Gasteiger partial charge on any atom is -0.322 e. The highest BCUT2D eigenvalue weighted by Gasteiger charge is 2.42. The summed E-state index contributed by atoms with van der Waals surface area (Å²) in [6, 6.07) is 11.0. The molecule has 0 aliphatic heterocycles. The van der Waals surface area contributed by atoms with Crippen molar-refractivity contribution in [3.8, 4) is 0 Å². The minimum atomic E-state index is -5.71. The maximum atomic E-state index is 14.0. The van der Waals surface area contributed by atoms with E-state index in [1.807, 2.05) is 0 Å². The largest absolute Gasteiger partial charge is 0.422 e. The first-order valence-corrected chi connectivity index (χ1v) is 10.8. The van der Waals surface area contributed by atoms with Crippen molar-refractivity contribution in [2.75, 3.05) is 10.6 Å². The second-order valence-electron chi connectivity index (χ2n) is 7.21. The molecule has 0 spiro atoms. The van der Waals surface area contributed by atoms with Crippen LogP contribution in [0.15, 0.2) is 53.4 Å². The monoisotopic (exact) mass is 534 g/mol. The van der Waals surface area contributed by atoms with Crippen LogP contribution in [0.2, 0.25) is 0 Å². The van der Waals surface area contributed by atoms with E-state index in [1.165, 1.54) is 49.4 Å². The summed E-state index contributed by atoms with van der Waals surface area (Å²) in [5, 5.41) is 2.91. The summed E-state index contributed by atoms with van der Waals surface area (Å²) in [4.78, 5) is 24.9. The third kappa shape index (κ3) is 5.78. The summed E-state index contributed by atoms with van der Waals surface area (Å²) in [5.74, 6) is -12.8. The van der Waals surface area contributed by atoms with Crippen LogP contribution in [0.5, 0.6) is 0 Å². The topological polar surface area (TPSA) is 58.2 Å². The first-order chi connectivity index (χ1) is 16.8. The molecule has 36 heavy (non-hydrogen) atoms. The molecule has 0 aliphatic carbocycles. The predicted molar refractivity (Wildman–Crippen MR) is 116 cm³/mol. The van der Waals surface area contributed by atoms with Crippen LogP contribution in [0, 0.1) is 29.1 Å². The molecule has 1 atom stereocenters. The van der Waals surface area contributed by atoms with Gasteiger partial charge in [0.05, 0.1) is 10.8 Å². The van der Waals surface area contributed by atoms with Crippen molar-refractivity contribution in [2.45, 2.75) is 23.2 Å². The van der Waals surface area contributed by atoms with Crippen molar-refractivity contribution >= 4 is 35.0 Å². The number of halogens is 8. The summed E-state index contributed by atoms with van der Waals surface area (Å²) in [5.41, 5.74) is -4.34. The third-order valence-electron chi connectivity index (χ3n) is 4.71. The van der Waals surface area contributed by atoms with Gasteiger partial charge in [0, 0.05) is 10.6 Å². The average molecular weight is 534 g/mol. The van der Waals surface area contributed by atoms with E-state index in [-0.39, 0.29) is 11.3 Å². The van der Waals surface area contributed by atoms with E-state index in [9.17, 15) is 44.7 Å². The van der Waals surface area contributed by atoms with Crippen molar-refractivity contribution in [1.29, 1.82) is 0 Å². The molecular weight excluding hydrogens is 520 g/mol. The fourth-order valence-corrected chi connectivity index (χ4v) is 3.80. The molecule has 3 aromatic carbocycles. The van der Waals surface area contributed by atoms with Crippen molar-refractivity contribution in [2.24, 2.45) is 0 Å². The molecule has 0 aliphatic rings. The number of thioether (sulfide) groups is 1. The zero-order valence-electron chi connectivity index (χ0n) is 17.9. The molecule has 0 saturated heterocycles. The van der Waals surface area contributed by atoms with Gasteiger partial charge in [-0.3, -0.25) is 9.59 Å². The van der Waals surface area contributed by atoms with Gasteiger partial charge in [-0.05, 0) is 43.3 Å². The summed E-state index contributed by atoms with van der Waals surface area (Å²) < 4.78 is 107. The normalized spacial score (nSPS) is 12.2. The average Bonchev–Trinajstić information content (AvgIpc) is 2.81. The molecule has 0 aromatic heterocycles. The standard InChI is InChI=1S/C23H14F8N2O2S/c1-10(21(34)33-20-18(27)16(25)15(23(29,30)31)17(26)19(20)28)36-12-8-6-11(7-9-12)32-22(35)13-4-2-3-5-14(13)24/h2-10H,1H3,(H,32,35)(H,33,34). The number of carbonyl (C=O) groups excluding carboxylic acids is 2. The lowest BCUT2D eigenvalue weighted by atomic mass is 10.1. The first-order valence-electron chi connectivity index (χ1n) is 9.87. The van der Waals surface area contributed by atoms with Gasteiger partial charge in [-0.1, -0.05) is 12.1 Å². The summed E-state index contributed by atoms with van der Waals surface area (Å²) in [6.45, 7) is 1.26. The zero-order chi connectivity index (χ0) is 26.8. The zero-order valence-corrected chi connectivity index (χ0v) is 18.8. The minimum absolute atomic E-state index is 0.183. The smallest absolute Gasteiger partial charge is 0.322 e. The highest BCUT2D eigenvalue weighted by molar-refractivity contribution is 8.00. The van der Waals surface area contributed by atoms with Crippen LogP contribution in [-0.4, -0.2) is 17.1 Å². The van der Waals surface area contributed by atoms with Crippen LogP contribution in [0.3, 0.4) is 0 Å². The molecule has 0 saturated carbocycles. The predicted octanol–water partition coefficient (Wildman–Crippen LogP) is 6.77. The maximum absolute atomic E-state index is 14.0. The Morgan fingerprint density at radius 1 is 0.806 bits per heavy atom. The van der Waals surface area contributed by atoms with Crippen LogP contribution in [0.1, 0.15) is 22.8 Å². The number of anilines is 2. The molecule has 4 nitrogen and oxygen atoms in total. The molecule has 13 heteroatoms. The lowest BCUT2D eigenvalue weighted by molar-refractivity contribution is -0.143. The van der Waals surface area contributed by atoms with Gasteiger partial charge in [0.2, 0.25) is 5.91 Å². The van der Waals surface area contributed by atoms with Crippen LogP contribution in [0.4, 0.5) is 46.5 Å². The van der Waals surface area contributed by atoms with Crippen molar-refractivity contribution in [3.05, 3.63) is 88.7 Å². The Labute approximate surface area is 202 Å². The van der Waals surface area contributed by atoms with E-state index in [1.54, 1.807) is 5.32 Å². The van der Waals surface area contributed by atoms with Gasteiger partial charge in [0.25, 0.3) is 5.91 Å². The van der Waals surface area contributed by atoms with Gasteiger partial charge < -0.3 is 10.6 Å². The summed E-state index contributed by atoms with van der Waals surface area (Å²) in [7, 11) is 0. The highest BCUT2D eigenvalue weighted by Crippen LogP contribution is 2.38. The second kappa shape index (κ2) is 10.6. The number of hydrogen-bond donors (Lipinski definition) is 2. The third-order valence-corrected chi connectivity index (χ3v) is 5.82. The van der Waals surface area contributed by atoms with Crippen molar-refractivity contribution in [3.63, 3.8) is 0 Å². The first kappa shape index (κ1) is 27.0. The lowest BCUT2D eigenvalue weighted by Crippen LogP contribution is -2.25. The number of alkyl halides is 3. The number of nitrogens with one attached hydrogen (secondary N) is 2. The van der Waals surface area contributed by atoms with Crippen molar-refractivity contribution in [1.82, 2.24) is 0 Å². The number of hydrogen-bond acceptors (Lipinski definition) is 3. The SMILES string of the molecule is CC(Sc1ccc(NC(=O)c2ccccc2F)cc1)C(=O)Nc1c(F)c(F)c(C(F)(F)F)c(F)c1F. The van der Waals surface area contributed by atoms with Crippen molar-refractivity contribution < 1.29 is 44.7 Å². The molecule has 3 aromatic rings. The fourth-order valence-electron chi connectivity index (χ4n) is 2.93. The Kier molecular flexibility index (Phi) is 7.92. The maximum Gasteiger partial charge on any atom is 0.422 e. The van der Waals surface area contributed by atoms with Gasteiger partial charge >= 0.3 is 6.18 Å². The number of amides is 2. The molecule has 1 unspecified atom stereocenters. The molecule has 190 valence electrons. The molecule has 2 N–H and O–H groups in total. The lowest BCUT2D eigenvalue weighted by Gasteiger charge is -2.16. The Morgan fingerprint density at radius 2 is 1.36 bits per heavy atom. The van der Waals surface area contributed by atoms with Crippen LogP contribution in [-0.2, 0) is 11.0 Å². The van der Waals surface area contributed by atoms with Gasteiger partial charge in [-0.25, -0.2) is 22.0 Å². The van der Waals surface area contributed by atoms with Gasteiger partial charge in [0.15, 0.2) is 23.3 Å². The summed E-state index contributed by atoms with van der Waals surface area (Å²) >= 11 is 0.828. The Balaban J connectivity index is 1.69. The van der Waals surface area contributed by atoms with E-state index in [0.29, 0.717) is 4.90 Å². The number of benzene rings is 3. The van der Waals surface area contributed by atoms with E-state index in [4.69, 9.17) is 0 Å².